The van der Waals surface area contributed by atoms with Crippen LogP contribution in [-0.2, 0) is 22.6 Å². The molecule has 148 valence electrons. The number of nitrogens with zero attached hydrogens (tertiary/aromatic N) is 2. The molecule has 0 spiro atoms. The van der Waals surface area contributed by atoms with Gasteiger partial charge in [0, 0.05) is 18.0 Å². The molecule has 0 saturated carbocycles. The molecule has 0 radical (unpaired) electrons. The predicted molar refractivity (Wildman–Crippen MR) is 119 cm³/mol. The van der Waals surface area contributed by atoms with Crippen molar-refractivity contribution in [2.24, 2.45) is 0 Å². The van der Waals surface area contributed by atoms with E-state index in [1.54, 1.807) is 12.1 Å². The molecule has 2 aliphatic rings. The quantitative estimate of drug-likeness (QED) is 0.586. The number of rotatable bonds is 4. The van der Waals surface area contributed by atoms with Gasteiger partial charge in [-0.15, -0.1) is 0 Å². The Morgan fingerprint density at radius 1 is 0.700 bits per heavy atom. The highest BCUT2D eigenvalue weighted by Crippen LogP contribution is 2.39. The van der Waals surface area contributed by atoms with Crippen molar-refractivity contribution in [1.82, 2.24) is 4.90 Å². The molecular weight excluding hydrogens is 392 g/mol. The van der Waals surface area contributed by atoms with Gasteiger partial charge < -0.3 is 4.90 Å². The minimum Gasteiger partial charge on any atom is -0.361 e. The van der Waals surface area contributed by atoms with Gasteiger partial charge in [0.25, 0.3) is 11.8 Å². The van der Waals surface area contributed by atoms with Gasteiger partial charge in [0.2, 0.25) is 0 Å². The Labute approximate surface area is 179 Å². The zero-order valence-electron chi connectivity index (χ0n) is 16.3. The summed E-state index contributed by atoms with van der Waals surface area (Å²) in [6.45, 7) is 1.35. The first kappa shape index (κ1) is 18.7. The molecule has 0 unspecified atom stereocenters. The maximum absolute atomic E-state index is 13.5. The van der Waals surface area contributed by atoms with Crippen LogP contribution in [0, 0.1) is 0 Å². The van der Waals surface area contributed by atoms with Crippen LogP contribution in [0.15, 0.2) is 100 Å². The van der Waals surface area contributed by atoms with Gasteiger partial charge in [-0.2, -0.15) is 0 Å². The molecule has 5 rings (SSSR count). The molecule has 4 nitrogen and oxygen atoms in total. The number of carbonyl (C=O) groups excluding carboxylic acids is 2. The van der Waals surface area contributed by atoms with E-state index in [9.17, 15) is 9.59 Å². The molecule has 0 aromatic heterocycles. The number of carbonyl (C=O) groups is 2. The van der Waals surface area contributed by atoms with Gasteiger partial charge in [0.05, 0.1) is 5.69 Å². The summed E-state index contributed by atoms with van der Waals surface area (Å²) in [6.07, 6.45) is 0.857. The van der Waals surface area contributed by atoms with Crippen LogP contribution < -0.4 is 4.90 Å². The van der Waals surface area contributed by atoms with Crippen LogP contribution in [0.25, 0.3) is 0 Å². The summed E-state index contributed by atoms with van der Waals surface area (Å²) in [5, 5.41) is 0. The van der Waals surface area contributed by atoms with E-state index in [2.05, 4.69) is 17.0 Å². The second-order valence-corrected chi connectivity index (χ2v) is 8.40. The van der Waals surface area contributed by atoms with Crippen molar-refractivity contribution in [3.8, 4) is 0 Å². The Bertz CT molecular complexity index is 1140. The van der Waals surface area contributed by atoms with Gasteiger partial charge in [0.15, 0.2) is 0 Å². The van der Waals surface area contributed by atoms with Gasteiger partial charge in [0.1, 0.15) is 10.6 Å². The van der Waals surface area contributed by atoms with Crippen LogP contribution in [0.3, 0.4) is 0 Å². The van der Waals surface area contributed by atoms with E-state index in [-0.39, 0.29) is 11.8 Å². The Hall–Kier alpha value is -3.31. The smallest absolute Gasteiger partial charge is 0.283 e. The zero-order valence-corrected chi connectivity index (χ0v) is 17.1. The first-order valence-electron chi connectivity index (χ1n) is 9.95. The summed E-state index contributed by atoms with van der Waals surface area (Å²) in [5.74, 6) is -0.502. The number of para-hydroxylation sites is 1. The first-order valence-corrected chi connectivity index (χ1v) is 10.8. The van der Waals surface area contributed by atoms with Crippen molar-refractivity contribution >= 4 is 29.3 Å². The molecule has 0 N–H and O–H groups in total. The lowest BCUT2D eigenvalue weighted by molar-refractivity contribution is -0.121. The summed E-state index contributed by atoms with van der Waals surface area (Å²) >= 11 is 1.37. The van der Waals surface area contributed by atoms with E-state index in [1.165, 1.54) is 27.8 Å². The van der Waals surface area contributed by atoms with E-state index in [0.29, 0.717) is 29.4 Å². The van der Waals surface area contributed by atoms with E-state index in [1.807, 2.05) is 60.7 Å². The average molecular weight is 413 g/mol. The lowest BCUT2D eigenvalue weighted by Gasteiger charge is -2.31. The maximum atomic E-state index is 13.5. The Morgan fingerprint density at radius 2 is 1.33 bits per heavy atom. The minimum absolute atomic E-state index is 0.246. The Balaban J connectivity index is 1.56. The van der Waals surface area contributed by atoms with Crippen molar-refractivity contribution in [3.63, 3.8) is 0 Å². The van der Waals surface area contributed by atoms with E-state index < -0.39 is 0 Å². The van der Waals surface area contributed by atoms with Gasteiger partial charge in [-0.1, -0.05) is 72.4 Å². The fraction of sp³-hybridized carbons (Fsp3) is 0.120. The standard InChI is InChI=1S/C25H20N2O2S/c28-24-22(26-16-15-18-9-7-8-10-19(18)17-26)23(30-21-13-5-2-6-14-21)25(29)27(24)20-11-3-1-4-12-20/h1-14H,15-17H2. The molecule has 2 heterocycles. The number of fused-ring (bicyclic) bond motifs is 1. The summed E-state index contributed by atoms with van der Waals surface area (Å²) in [4.78, 5) is 31.8. The number of benzene rings is 3. The fourth-order valence-electron chi connectivity index (χ4n) is 3.97. The zero-order chi connectivity index (χ0) is 20.5. The molecule has 0 aliphatic carbocycles. The highest BCUT2D eigenvalue weighted by atomic mass is 32.2. The van der Waals surface area contributed by atoms with Gasteiger partial charge >= 0.3 is 0 Å². The second kappa shape index (κ2) is 7.84. The number of amides is 2. The molecule has 0 saturated heterocycles. The molecule has 0 bridgehead atoms. The summed E-state index contributed by atoms with van der Waals surface area (Å²) in [6, 6.07) is 27.2. The van der Waals surface area contributed by atoms with E-state index >= 15 is 0 Å². The van der Waals surface area contributed by atoms with Crippen LogP contribution in [0.2, 0.25) is 0 Å². The lowest BCUT2D eigenvalue weighted by atomic mass is 9.99. The van der Waals surface area contributed by atoms with Gasteiger partial charge in [-0.3, -0.25) is 9.59 Å². The third-order valence-electron chi connectivity index (χ3n) is 5.44. The Morgan fingerprint density at radius 3 is 2.07 bits per heavy atom. The van der Waals surface area contributed by atoms with Crippen LogP contribution in [0.1, 0.15) is 11.1 Å². The van der Waals surface area contributed by atoms with Crippen molar-refractivity contribution in [1.29, 1.82) is 0 Å². The second-order valence-electron chi connectivity index (χ2n) is 7.31. The summed E-state index contributed by atoms with van der Waals surface area (Å²) in [7, 11) is 0. The number of hydrogen-bond donors (Lipinski definition) is 0. The average Bonchev–Trinajstić information content (AvgIpc) is 3.04. The van der Waals surface area contributed by atoms with Gasteiger partial charge in [-0.05, 0) is 41.8 Å². The highest BCUT2D eigenvalue weighted by Gasteiger charge is 2.42. The Kier molecular flexibility index (Phi) is 4.89. The van der Waals surface area contributed by atoms with Crippen molar-refractivity contribution in [2.45, 2.75) is 17.9 Å². The third-order valence-corrected chi connectivity index (χ3v) is 6.52. The third kappa shape index (κ3) is 3.31. The fourth-order valence-corrected chi connectivity index (χ4v) is 4.99. The monoisotopic (exact) mass is 412 g/mol. The molecule has 5 heteroatoms. The first-order chi connectivity index (χ1) is 14.7. The van der Waals surface area contributed by atoms with Crippen molar-refractivity contribution in [3.05, 3.63) is 107 Å². The summed E-state index contributed by atoms with van der Waals surface area (Å²) in [5.41, 5.74) is 3.63. The molecule has 2 aliphatic heterocycles. The van der Waals surface area contributed by atoms with Crippen LogP contribution in [-0.4, -0.2) is 23.3 Å². The topological polar surface area (TPSA) is 40.6 Å². The number of imide groups is 1. The van der Waals surface area contributed by atoms with Crippen LogP contribution in [0.4, 0.5) is 5.69 Å². The SMILES string of the molecule is O=C1C(Sc2ccccc2)=C(N2CCc3ccccc3C2)C(=O)N1c1ccccc1. The van der Waals surface area contributed by atoms with Crippen molar-refractivity contribution in [2.75, 3.05) is 11.4 Å². The predicted octanol–water partition coefficient (Wildman–Crippen LogP) is 4.62. The molecule has 0 fully saturated rings. The molecule has 3 aromatic carbocycles. The number of anilines is 1. The van der Waals surface area contributed by atoms with Crippen LogP contribution >= 0.6 is 11.8 Å². The molecule has 30 heavy (non-hydrogen) atoms. The molecule has 2 amide bonds. The van der Waals surface area contributed by atoms with E-state index in [4.69, 9.17) is 0 Å². The lowest BCUT2D eigenvalue weighted by Crippen LogP contribution is -2.37. The van der Waals surface area contributed by atoms with Gasteiger partial charge in [-0.25, -0.2) is 4.90 Å². The largest absolute Gasteiger partial charge is 0.361 e. The van der Waals surface area contributed by atoms with Crippen molar-refractivity contribution < 1.29 is 9.59 Å². The maximum Gasteiger partial charge on any atom is 0.283 e. The minimum atomic E-state index is -0.256. The molecule has 0 atom stereocenters. The number of hydrogen-bond acceptors (Lipinski definition) is 4. The van der Waals surface area contributed by atoms with Crippen LogP contribution in [0.5, 0.6) is 0 Å². The summed E-state index contributed by atoms with van der Waals surface area (Å²) < 4.78 is 0. The molecular formula is C25H20N2O2S. The normalized spacial score (nSPS) is 16.3. The number of thioether (sulfide) groups is 1. The van der Waals surface area contributed by atoms with E-state index in [0.717, 1.165) is 11.3 Å². The molecule has 3 aromatic rings. The highest BCUT2D eigenvalue weighted by molar-refractivity contribution is 8.04.